The van der Waals surface area contributed by atoms with Crippen molar-refractivity contribution in [1.29, 1.82) is 0 Å². The molecule has 2 aliphatic rings. The summed E-state index contributed by atoms with van der Waals surface area (Å²) in [7, 11) is 0. The number of anilines is 1. The minimum atomic E-state index is -0.674. The fourth-order valence-corrected chi connectivity index (χ4v) is 4.07. The van der Waals surface area contributed by atoms with Crippen molar-refractivity contribution in [3.05, 3.63) is 64.7 Å². The number of para-hydroxylation sites is 1. The van der Waals surface area contributed by atoms with Gasteiger partial charge in [0, 0.05) is 18.4 Å². The van der Waals surface area contributed by atoms with Gasteiger partial charge in [0.25, 0.3) is 5.91 Å². The third-order valence-corrected chi connectivity index (χ3v) is 5.49. The molecule has 2 atom stereocenters. The van der Waals surface area contributed by atoms with Crippen molar-refractivity contribution < 1.29 is 19.1 Å². The van der Waals surface area contributed by atoms with E-state index in [9.17, 15) is 14.4 Å². The largest absolute Gasteiger partial charge is 0.461 e. The van der Waals surface area contributed by atoms with E-state index in [4.69, 9.17) is 16.3 Å². The zero-order valence-corrected chi connectivity index (χ0v) is 16.1. The van der Waals surface area contributed by atoms with Crippen LogP contribution in [0.1, 0.15) is 29.3 Å². The summed E-state index contributed by atoms with van der Waals surface area (Å²) in [5.41, 5.74) is 1.81. The van der Waals surface area contributed by atoms with Crippen LogP contribution in [0.4, 0.5) is 5.69 Å². The fraction of sp³-hybridized carbons (Fsp3) is 0.286. The fourth-order valence-electron chi connectivity index (χ4n) is 3.88. The van der Waals surface area contributed by atoms with Crippen molar-refractivity contribution in [3.8, 4) is 0 Å². The molecule has 144 valence electrons. The standard InChI is InChI=1S/C21H19ClN2O4/c1-13(25)28-15-10-19-21(27)23(11-14-6-2-4-8-17(14)22)18-9-5-3-7-16(18)20(26)24(19)12-15/h2-9,15,19H,10-12H2,1H3/t15-,19+/m1/s1. The summed E-state index contributed by atoms with van der Waals surface area (Å²) in [5.74, 6) is -0.853. The molecule has 0 N–H and O–H groups in total. The van der Waals surface area contributed by atoms with Gasteiger partial charge in [0.05, 0.1) is 24.3 Å². The van der Waals surface area contributed by atoms with Gasteiger partial charge in [-0.05, 0) is 23.8 Å². The summed E-state index contributed by atoms with van der Waals surface area (Å²) in [4.78, 5) is 41.0. The summed E-state index contributed by atoms with van der Waals surface area (Å²) in [6.45, 7) is 1.79. The van der Waals surface area contributed by atoms with Crippen LogP contribution in [0.5, 0.6) is 0 Å². The number of fused-ring (bicyclic) bond motifs is 2. The summed E-state index contributed by atoms with van der Waals surface area (Å²) in [6, 6.07) is 13.7. The highest BCUT2D eigenvalue weighted by atomic mass is 35.5. The van der Waals surface area contributed by atoms with Gasteiger partial charge >= 0.3 is 5.97 Å². The van der Waals surface area contributed by atoms with E-state index in [2.05, 4.69) is 0 Å². The highest BCUT2D eigenvalue weighted by Gasteiger charge is 2.46. The maximum atomic E-state index is 13.4. The van der Waals surface area contributed by atoms with Gasteiger partial charge in [0.1, 0.15) is 12.1 Å². The molecule has 0 aliphatic carbocycles. The quantitative estimate of drug-likeness (QED) is 0.745. The third-order valence-electron chi connectivity index (χ3n) is 5.12. The number of hydrogen-bond donors (Lipinski definition) is 0. The number of nitrogens with zero attached hydrogens (tertiary/aromatic N) is 2. The monoisotopic (exact) mass is 398 g/mol. The Kier molecular flexibility index (Phi) is 4.81. The van der Waals surface area contributed by atoms with Crippen molar-refractivity contribution >= 4 is 35.1 Å². The first-order valence-corrected chi connectivity index (χ1v) is 9.45. The van der Waals surface area contributed by atoms with E-state index >= 15 is 0 Å². The van der Waals surface area contributed by atoms with E-state index in [1.165, 1.54) is 11.8 Å². The first kappa shape index (κ1) is 18.5. The Hall–Kier alpha value is -2.86. The molecule has 2 aliphatic heterocycles. The molecule has 2 heterocycles. The maximum Gasteiger partial charge on any atom is 0.302 e. The molecule has 0 unspecified atom stereocenters. The Bertz CT molecular complexity index is 961. The molecule has 0 spiro atoms. The highest BCUT2D eigenvalue weighted by molar-refractivity contribution is 6.31. The lowest BCUT2D eigenvalue weighted by Crippen LogP contribution is -2.44. The van der Waals surface area contributed by atoms with Gasteiger partial charge in [-0.15, -0.1) is 0 Å². The van der Waals surface area contributed by atoms with E-state index in [0.717, 1.165) is 5.56 Å². The molecule has 7 heteroatoms. The van der Waals surface area contributed by atoms with Gasteiger partial charge < -0.3 is 14.5 Å². The van der Waals surface area contributed by atoms with Gasteiger partial charge in [0.15, 0.2) is 0 Å². The lowest BCUT2D eigenvalue weighted by atomic mass is 10.1. The first-order valence-electron chi connectivity index (χ1n) is 9.07. The van der Waals surface area contributed by atoms with E-state index in [-0.39, 0.29) is 31.3 Å². The molecule has 2 aromatic rings. The Balaban J connectivity index is 1.75. The molecule has 0 saturated carbocycles. The third kappa shape index (κ3) is 3.24. The van der Waals surface area contributed by atoms with Gasteiger partial charge in [0.2, 0.25) is 5.91 Å². The zero-order valence-electron chi connectivity index (χ0n) is 15.3. The van der Waals surface area contributed by atoms with Gasteiger partial charge in [-0.1, -0.05) is 41.9 Å². The Labute approximate surface area is 167 Å². The summed E-state index contributed by atoms with van der Waals surface area (Å²) in [6.07, 6.45) is -0.195. The molecule has 6 nitrogen and oxygen atoms in total. The minimum Gasteiger partial charge on any atom is -0.461 e. The molecule has 0 aromatic heterocycles. The predicted octanol–water partition coefficient (Wildman–Crippen LogP) is 3.03. The lowest BCUT2D eigenvalue weighted by Gasteiger charge is -2.26. The van der Waals surface area contributed by atoms with Crippen LogP contribution in [0.25, 0.3) is 0 Å². The van der Waals surface area contributed by atoms with Crippen LogP contribution in [0.15, 0.2) is 48.5 Å². The SMILES string of the molecule is CC(=O)O[C@@H]1C[C@H]2C(=O)N(Cc3ccccc3Cl)c3ccccc3C(=O)N2C1. The van der Waals surface area contributed by atoms with Crippen LogP contribution in [0.3, 0.4) is 0 Å². The second-order valence-corrected chi connectivity index (χ2v) is 7.38. The predicted molar refractivity (Wildman–Crippen MR) is 104 cm³/mol. The van der Waals surface area contributed by atoms with E-state index < -0.39 is 18.1 Å². The lowest BCUT2D eigenvalue weighted by molar-refractivity contribution is -0.145. The number of esters is 1. The molecule has 1 saturated heterocycles. The van der Waals surface area contributed by atoms with Gasteiger partial charge in [-0.25, -0.2) is 0 Å². The van der Waals surface area contributed by atoms with Crippen LogP contribution in [-0.2, 0) is 20.9 Å². The average molecular weight is 399 g/mol. The van der Waals surface area contributed by atoms with Crippen LogP contribution >= 0.6 is 11.6 Å². The molecule has 1 fully saturated rings. The number of halogens is 1. The number of carbonyl (C=O) groups is 3. The Morgan fingerprint density at radius 3 is 2.61 bits per heavy atom. The molecule has 0 radical (unpaired) electrons. The number of amides is 2. The van der Waals surface area contributed by atoms with Crippen LogP contribution in [0.2, 0.25) is 5.02 Å². The molecule has 4 rings (SSSR count). The highest BCUT2D eigenvalue weighted by Crippen LogP contribution is 2.34. The van der Waals surface area contributed by atoms with Crippen LogP contribution in [-0.4, -0.2) is 41.4 Å². The molecular formula is C21H19ClN2O4. The van der Waals surface area contributed by atoms with Crippen molar-refractivity contribution in [1.82, 2.24) is 4.90 Å². The Morgan fingerprint density at radius 2 is 1.86 bits per heavy atom. The van der Waals surface area contributed by atoms with Crippen molar-refractivity contribution in [2.45, 2.75) is 32.0 Å². The Morgan fingerprint density at radius 1 is 1.14 bits per heavy atom. The number of rotatable bonds is 3. The maximum absolute atomic E-state index is 13.4. The molecular weight excluding hydrogens is 380 g/mol. The number of benzene rings is 2. The van der Waals surface area contributed by atoms with Crippen LogP contribution in [0, 0.1) is 0 Å². The second-order valence-electron chi connectivity index (χ2n) is 6.97. The topological polar surface area (TPSA) is 66.9 Å². The summed E-state index contributed by atoms with van der Waals surface area (Å²) >= 11 is 6.31. The summed E-state index contributed by atoms with van der Waals surface area (Å²) in [5, 5.41) is 0.560. The average Bonchev–Trinajstić information content (AvgIpc) is 3.06. The van der Waals surface area contributed by atoms with Gasteiger partial charge in [-0.2, -0.15) is 0 Å². The minimum absolute atomic E-state index is 0.201. The van der Waals surface area contributed by atoms with Crippen molar-refractivity contribution in [2.24, 2.45) is 0 Å². The first-order chi connectivity index (χ1) is 13.5. The number of ether oxygens (including phenoxy) is 1. The van der Waals surface area contributed by atoms with Crippen LogP contribution < -0.4 is 4.90 Å². The summed E-state index contributed by atoms with van der Waals surface area (Å²) < 4.78 is 5.28. The number of hydrogen-bond acceptors (Lipinski definition) is 4. The molecule has 2 aromatic carbocycles. The number of carbonyl (C=O) groups excluding carboxylic acids is 3. The van der Waals surface area contributed by atoms with E-state index in [1.807, 2.05) is 18.2 Å². The van der Waals surface area contributed by atoms with Crippen molar-refractivity contribution in [3.63, 3.8) is 0 Å². The van der Waals surface area contributed by atoms with E-state index in [1.54, 1.807) is 35.2 Å². The molecule has 2 amide bonds. The molecule has 28 heavy (non-hydrogen) atoms. The van der Waals surface area contributed by atoms with E-state index in [0.29, 0.717) is 16.3 Å². The zero-order chi connectivity index (χ0) is 19.8. The normalized spacial score (nSPS) is 21.2. The smallest absolute Gasteiger partial charge is 0.302 e. The second kappa shape index (κ2) is 7.28. The van der Waals surface area contributed by atoms with Crippen molar-refractivity contribution in [2.75, 3.05) is 11.4 Å². The van der Waals surface area contributed by atoms with Gasteiger partial charge in [-0.3, -0.25) is 14.4 Å². The molecule has 0 bridgehead atoms.